The van der Waals surface area contributed by atoms with E-state index in [0.29, 0.717) is 5.41 Å². The van der Waals surface area contributed by atoms with Gasteiger partial charge in [-0.25, -0.2) is 0 Å². The van der Waals surface area contributed by atoms with Gasteiger partial charge in [0, 0.05) is 0 Å². The van der Waals surface area contributed by atoms with E-state index in [1.54, 1.807) is 12.4 Å². The van der Waals surface area contributed by atoms with Crippen LogP contribution < -0.4 is 0 Å². The molecular formula is C9H15N3. The number of nitrogens with zero attached hydrogens (tertiary/aromatic N) is 3. The van der Waals surface area contributed by atoms with Gasteiger partial charge in [0.05, 0.1) is 18.9 Å². The highest BCUT2D eigenvalue weighted by atomic mass is 15.5. The molecule has 0 bridgehead atoms. The Morgan fingerprint density at radius 2 is 1.92 bits per heavy atom. The smallest absolute Gasteiger partial charge is 0.0693 e. The fourth-order valence-electron chi connectivity index (χ4n) is 1.69. The zero-order valence-corrected chi connectivity index (χ0v) is 7.70. The monoisotopic (exact) mass is 165 g/mol. The number of rotatable bonds is 3. The molecule has 0 unspecified atom stereocenters. The van der Waals surface area contributed by atoms with Crippen LogP contribution in [0.15, 0.2) is 12.4 Å². The fraction of sp³-hybridized carbons (Fsp3) is 0.778. The lowest BCUT2D eigenvalue weighted by Gasteiger charge is -2.18. The highest BCUT2D eigenvalue weighted by molar-refractivity contribution is 4.94. The summed E-state index contributed by atoms with van der Waals surface area (Å²) in [6.07, 6.45) is 6.17. The summed E-state index contributed by atoms with van der Waals surface area (Å²) in [5.41, 5.74) is 0.513. The third kappa shape index (κ3) is 1.24. The molecule has 0 aliphatic heterocycles. The summed E-state index contributed by atoms with van der Waals surface area (Å²) in [5, 5.41) is 8.26. The molecule has 0 aromatic carbocycles. The fourth-order valence-corrected chi connectivity index (χ4v) is 1.69. The molecule has 1 saturated carbocycles. The molecule has 0 radical (unpaired) electrons. The van der Waals surface area contributed by atoms with Gasteiger partial charge in [-0.3, -0.25) is 0 Å². The van der Waals surface area contributed by atoms with E-state index in [-0.39, 0.29) is 0 Å². The third-order valence-corrected chi connectivity index (χ3v) is 3.04. The van der Waals surface area contributed by atoms with Crippen molar-refractivity contribution in [3.63, 3.8) is 0 Å². The van der Waals surface area contributed by atoms with Crippen molar-refractivity contribution >= 4 is 0 Å². The number of hydrogen-bond acceptors (Lipinski definition) is 2. The molecular weight excluding hydrogens is 150 g/mol. The Balaban J connectivity index is 2.04. The van der Waals surface area contributed by atoms with Crippen LogP contribution in [-0.2, 0) is 6.54 Å². The molecule has 1 aliphatic carbocycles. The summed E-state index contributed by atoms with van der Waals surface area (Å²) in [4.78, 5) is 1.81. The maximum Gasteiger partial charge on any atom is 0.0693 e. The molecule has 12 heavy (non-hydrogen) atoms. The summed E-state index contributed by atoms with van der Waals surface area (Å²) < 4.78 is 0. The van der Waals surface area contributed by atoms with Crippen molar-refractivity contribution < 1.29 is 0 Å². The maximum atomic E-state index is 4.13. The van der Waals surface area contributed by atoms with E-state index >= 15 is 0 Å². The summed E-state index contributed by atoms with van der Waals surface area (Å²) in [6, 6.07) is 0. The van der Waals surface area contributed by atoms with E-state index < -0.39 is 0 Å². The minimum atomic E-state index is 0.513. The van der Waals surface area contributed by atoms with E-state index in [1.165, 1.54) is 12.8 Å². The third-order valence-electron chi connectivity index (χ3n) is 3.04. The van der Waals surface area contributed by atoms with Crippen LogP contribution in [0, 0.1) is 11.3 Å². The summed E-state index contributed by atoms with van der Waals surface area (Å²) in [6.45, 7) is 5.57. The molecule has 0 atom stereocenters. The molecule has 1 heterocycles. The van der Waals surface area contributed by atoms with E-state index in [1.807, 2.05) is 4.80 Å². The molecule has 0 spiro atoms. The van der Waals surface area contributed by atoms with Crippen molar-refractivity contribution in [3.05, 3.63) is 12.4 Å². The second kappa shape index (κ2) is 2.57. The van der Waals surface area contributed by atoms with Gasteiger partial charge in [0.25, 0.3) is 0 Å². The molecule has 1 fully saturated rings. The van der Waals surface area contributed by atoms with Gasteiger partial charge in [-0.1, -0.05) is 13.8 Å². The predicted molar refractivity (Wildman–Crippen MR) is 46.5 cm³/mol. The Bertz CT molecular complexity index is 247. The van der Waals surface area contributed by atoms with E-state index in [4.69, 9.17) is 0 Å². The average Bonchev–Trinajstić information content (AvgIpc) is 2.60. The highest BCUT2D eigenvalue weighted by Crippen LogP contribution is 2.52. The minimum absolute atomic E-state index is 0.513. The van der Waals surface area contributed by atoms with Crippen LogP contribution in [0.5, 0.6) is 0 Å². The van der Waals surface area contributed by atoms with Crippen molar-refractivity contribution in [2.45, 2.75) is 33.2 Å². The van der Waals surface area contributed by atoms with Crippen LogP contribution in [0.25, 0.3) is 0 Å². The highest BCUT2D eigenvalue weighted by Gasteiger charge is 2.45. The van der Waals surface area contributed by atoms with Gasteiger partial charge in [0.15, 0.2) is 0 Å². The SMILES string of the molecule is CC(C)C1(Cn2nccn2)CC1. The Labute approximate surface area is 72.8 Å². The van der Waals surface area contributed by atoms with Crippen LogP contribution >= 0.6 is 0 Å². The molecule has 0 amide bonds. The quantitative estimate of drug-likeness (QED) is 0.682. The Kier molecular flexibility index (Phi) is 1.67. The number of aromatic nitrogens is 3. The summed E-state index contributed by atoms with van der Waals surface area (Å²) >= 11 is 0. The Morgan fingerprint density at radius 1 is 1.33 bits per heavy atom. The Morgan fingerprint density at radius 3 is 2.33 bits per heavy atom. The van der Waals surface area contributed by atoms with Crippen molar-refractivity contribution in [2.75, 3.05) is 0 Å². The molecule has 3 heteroatoms. The van der Waals surface area contributed by atoms with Gasteiger partial charge < -0.3 is 0 Å². The molecule has 1 aliphatic rings. The van der Waals surface area contributed by atoms with Gasteiger partial charge in [-0.2, -0.15) is 15.0 Å². The topological polar surface area (TPSA) is 30.7 Å². The van der Waals surface area contributed by atoms with E-state index in [0.717, 1.165) is 12.5 Å². The molecule has 66 valence electrons. The lowest BCUT2D eigenvalue weighted by atomic mass is 9.93. The largest absolute Gasteiger partial charge is 0.184 e. The summed E-state index contributed by atoms with van der Waals surface area (Å²) in [5.74, 6) is 0.753. The first-order valence-electron chi connectivity index (χ1n) is 4.57. The first kappa shape index (κ1) is 7.77. The summed E-state index contributed by atoms with van der Waals surface area (Å²) in [7, 11) is 0. The van der Waals surface area contributed by atoms with Crippen molar-refractivity contribution in [3.8, 4) is 0 Å². The van der Waals surface area contributed by atoms with Crippen molar-refractivity contribution in [2.24, 2.45) is 11.3 Å². The second-order valence-electron chi connectivity index (χ2n) is 4.08. The first-order chi connectivity index (χ1) is 5.73. The van der Waals surface area contributed by atoms with E-state index in [9.17, 15) is 0 Å². The zero-order valence-electron chi connectivity index (χ0n) is 7.70. The van der Waals surface area contributed by atoms with E-state index in [2.05, 4.69) is 24.0 Å². The van der Waals surface area contributed by atoms with Crippen LogP contribution in [0.4, 0.5) is 0 Å². The Hall–Kier alpha value is -0.860. The second-order valence-corrected chi connectivity index (χ2v) is 4.08. The molecule has 0 N–H and O–H groups in total. The van der Waals surface area contributed by atoms with Crippen LogP contribution in [0.2, 0.25) is 0 Å². The molecule has 3 nitrogen and oxygen atoms in total. The lowest BCUT2D eigenvalue weighted by molar-refractivity contribution is 0.279. The minimum Gasteiger partial charge on any atom is -0.184 e. The predicted octanol–water partition coefficient (Wildman–Crippen LogP) is 1.71. The van der Waals surface area contributed by atoms with Crippen molar-refractivity contribution in [1.29, 1.82) is 0 Å². The average molecular weight is 165 g/mol. The molecule has 1 aromatic heterocycles. The van der Waals surface area contributed by atoms with Crippen molar-refractivity contribution in [1.82, 2.24) is 15.0 Å². The van der Waals surface area contributed by atoms with Crippen LogP contribution in [-0.4, -0.2) is 15.0 Å². The molecule has 1 aromatic rings. The molecule has 2 rings (SSSR count). The van der Waals surface area contributed by atoms with Gasteiger partial charge in [0.1, 0.15) is 0 Å². The zero-order chi connectivity index (χ0) is 8.60. The maximum absolute atomic E-state index is 4.13. The van der Waals surface area contributed by atoms with Gasteiger partial charge in [0.2, 0.25) is 0 Å². The van der Waals surface area contributed by atoms with Crippen LogP contribution in [0.3, 0.4) is 0 Å². The lowest BCUT2D eigenvalue weighted by Crippen LogP contribution is -2.19. The van der Waals surface area contributed by atoms with Crippen LogP contribution in [0.1, 0.15) is 26.7 Å². The molecule has 0 saturated heterocycles. The van der Waals surface area contributed by atoms with Gasteiger partial charge in [-0.15, -0.1) is 0 Å². The van der Waals surface area contributed by atoms with Gasteiger partial charge >= 0.3 is 0 Å². The standard InChI is InChI=1S/C9H15N3/c1-8(2)9(3-4-9)7-12-10-5-6-11-12/h5-6,8H,3-4,7H2,1-2H3. The van der Waals surface area contributed by atoms with Gasteiger partial charge in [-0.05, 0) is 24.2 Å². The normalized spacial score (nSPS) is 19.9. The number of hydrogen-bond donors (Lipinski definition) is 0. The first-order valence-corrected chi connectivity index (χ1v) is 4.57.